The third-order valence-electron chi connectivity index (χ3n) is 2.34. The lowest BCUT2D eigenvalue weighted by Crippen LogP contribution is -2.31. The molecule has 0 saturated carbocycles. The third kappa shape index (κ3) is 1.46. The van der Waals surface area contributed by atoms with Gasteiger partial charge in [0.1, 0.15) is 0 Å². The molecule has 1 amide bonds. The summed E-state index contributed by atoms with van der Waals surface area (Å²) in [5.41, 5.74) is 0. The van der Waals surface area contributed by atoms with Crippen LogP contribution in [-0.2, 0) is 4.79 Å². The largest absolute Gasteiger partial charge is 0.413 e. The maximum atomic E-state index is 11.1. The monoisotopic (exact) mass is 165 g/mol. The summed E-state index contributed by atoms with van der Waals surface area (Å²) in [5.74, 6) is 0.113. The van der Waals surface area contributed by atoms with Crippen molar-refractivity contribution in [1.29, 1.82) is 0 Å². The Morgan fingerprint density at radius 3 is 2.75 bits per heavy atom. The van der Waals surface area contributed by atoms with Crippen LogP contribution in [0.1, 0.15) is 12.8 Å². The minimum absolute atomic E-state index is 0.113. The fourth-order valence-electron chi connectivity index (χ4n) is 1.65. The summed E-state index contributed by atoms with van der Waals surface area (Å²) < 4.78 is 1.76. The fraction of sp³-hybridized carbons (Fsp3) is 0.556. The Hall–Kier alpha value is -0.960. The van der Waals surface area contributed by atoms with Crippen LogP contribution in [0, 0.1) is 0 Å². The molecule has 0 aromatic carbocycles. The molecule has 1 fully saturated rings. The highest BCUT2D eigenvalue weighted by molar-refractivity contribution is 5.93. The Morgan fingerprint density at radius 2 is 2.17 bits per heavy atom. The van der Waals surface area contributed by atoms with Crippen LogP contribution in [0.15, 0.2) is 12.2 Å². The Balaban J connectivity index is 1.91. The summed E-state index contributed by atoms with van der Waals surface area (Å²) in [6.45, 7) is 3.04. The number of allylic oxidation sites excluding steroid dienone is 1. The van der Waals surface area contributed by atoms with Gasteiger partial charge in [-0.25, -0.2) is 9.69 Å². The molecule has 0 aliphatic carbocycles. The highest BCUT2D eigenvalue weighted by Gasteiger charge is 2.22. The molecule has 0 aromatic rings. The summed E-state index contributed by atoms with van der Waals surface area (Å²) in [5, 5.41) is 0. The molecular weight excluding hydrogens is 152 g/mol. The maximum absolute atomic E-state index is 11.1. The van der Waals surface area contributed by atoms with Crippen molar-refractivity contribution in [2.45, 2.75) is 12.8 Å². The van der Waals surface area contributed by atoms with Crippen molar-refractivity contribution in [2.24, 2.45) is 0 Å². The molecule has 0 unspecified atom stereocenters. The second-order valence-corrected chi connectivity index (χ2v) is 3.28. The number of likely N-dealkylation sites (tertiary alicyclic amines) is 1. The minimum atomic E-state index is 0.113. The van der Waals surface area contributed by atoms with Crippen LogP contribution in [0.2, 0.25) is 0 Å². The molecule has 0 bridgehead atoms. The first-order valence-corrected chi connectivity index (χ1v) is 4.41. The molecule has 0 spiro atoms. The molecule has 3 heteroatoms. The van der Waals surface area contributed by atoms with Gasteiger partial charge in [-0.05, 0) is 12.8 Å². The van der Waals surface area contributed by atoms with E-state index in [9.17, 15) is 4.79 Å². The van der Waals surface area contributed by atoms with Crippen LogP contribution < -0.4 is 0 Å². The van der Waals surface area contributed by atoms with Crippen LogP contribution in [0.4, 0.5) is 0 Å². The molecule has 2 rings (SSSR count). The smallest absolute Gasteiger partial charge is 0.248 e. The second-order valence-electron chi connectivity index (χ2n) is 3.28. The molecule has 0 N–H and O–H groups in total. The SMILES string of the molecule is O=C1C=CC=[N+]1CN1CCCC1. The normalized spacial score (nSPS) is 23.7. The van der Waals surface area contributed by atoms with Crippen molar-refractivity contribution in [1.82, 2.24) is 4.90 Å². The molecule has 0 aromatic heterocycles. The number of nitrogens with zero attached hydrogens (tertiary/aromatic N) is 2. The van der Waals surface area contributed by atoms with E-state index in [0.717, 1.165) is 19.8 Å². The van der Waals surface area contributed by atoms with E-state index in [1.807, 2.05) is 6.21 Å². The zero-order chi connectivity index (χ0) is 8.39. The van der Waals surface area contributed by atoms with Gasteiger partial charge < -0.3 is 0 Å². The lowest BCUT2D eigenvalue weighted by atomic mass is 10.4. The highest BCUT2D eigenvalue weighted by Crippen LogP contribution is 2.07. The minimum Gasteiger partial charge on any atom is -0.248 e. The maximum Gasteiger partial charge on any atom is 0.413 e. The molecule has 0 atom stereocenters. The van der Waals surface area contributed by atoms with Crippen molar-refractivity contribution in [2.75, 3.05) is 19.8 Å². The molecule has 2 aliphatic rings. The van der Waals surface area contributed by atoms with Gasteiger partial charge in [-0.1, -0.05) is 0 Å². The van der Waals surface area contributed by atoms with Gasteiger partial charge in [-0.15, -0.1) is 0 Å². The summed E-state index contributed by atoms with van der Waals surface area (Å²) in [6, 6.07) is 0. The topological polar surface area (TPSA) is 23.3 Å². The first kappa shape index (κ1) is 7.68. The van der Waals surface area contributed by atoms with Gasteiger partial charge in [0.25, 0.3) is 0 Å². The fourth-order valence-corrected chi connectivity index (χ4v) is 1.65. The number of carbonyl (C=O) groups excluding carboxylic acids is 1. The summed E-state index contributed by atoms with van der Waals surface area (Å²) >= 11 is 0. The van der Waals surface area contributed by atoms with Crippen molar-refractivity contribution < 1.29 is 9.37 Å². The van der Waals surface area contributed by atoms with Gasteiger partial charge in [0.2, 0.25) is 6.67 Å². The van der Waals surface area contributed by atoms with Crippen molar-refractivity contribution in [3.63, 3.8) is 0 Å². The van der Waals surface area contributed by atoms with Gasteiger partial charge in [0.05, 0.1) is 6.08 Å². The van der Waals surface area contributed by atoms with Crippen molar-refractivity contribution >= 4 is 12.1 Å². The van der Waals surface area contributed by atoms with Crippen LogP contribution >= 0.6 is 0 Å². The van der Waals surface area contributed by atoms with E-state index in [1.165, 1.54) is 12.8 Å². The molecule has 3 nitrogen and oxygen atoms in total. The van der Waals surface area contributed by atoms with E-state index in [1.54, 1.807) is 16.7 Å². The van der Waals surface area contributed by atoms with Crippen molar-refractivity contribution in [3.05, 3.63) is 12.2 Å². The Kier molecular flexibility index (Phi) is 2.04. The Labute approximate surface area is 72.0 Å². The van der Waals surface area contributed by atoms with E-state index < -0.39 is 0 Å². The van der Waals surface area contributed by atoms with Crippen molar-refractivity contribution in [3.8, 4) is 0 Å². The molecular formula is C9H13N2O+. The number of hydrogen-bond acceptors (Lipinski definition) is 2. The predicted octanol–water partition coefficient (Wildman–Crippen LogP) is 0.219. The second kappa shape index (κ2) is 3.19. The zero-order valence-corrected chi connectivity index (χ0v) is 7.07. The highest BCUT2D eigenvalue weighted by atomic mass is 16.2. The van der Waals surface area contributed by atoms with Crippen LogP contribution in [0.25, 0.3) is 0 Å². The standard InChI is InChI=1S/C9H13N2O/c12-9-4-3-7-11(9)8-10-5-1-2-6-10/h3-4,7H,1-2,5-6,8H2/q+1. The van der Waals surface area contributed by atoms with Gasteiger partial charge in [-0.2, -0.15) is 4.58 Å². The number of hydrogen-bond donors (Lipinski definition) is 0. The number of amides is 1. The summed E-state index contributed by atoms with van der Waals surface area (Å²) in [6.07, 6.45) is 7.81. The lowest BCUT2D eigenvalue weighted by molar-refractivity contribution is -0.459. The zero-order valence-electron chi connectivity index (χ0n) is 7.07. The Morgan fingerprint density at radius 1 is 1.42 bits per heavy atom. The van der Waals surface area contributed by atoms with Gasteiger partial charge >= 0.3 is 5.91 Å². The predicted molar refractivity (Wildman–Crippen MR) is 46.1 cm³/mol. The lowest BCUT2D eigenvalue weighted by Gasteiger charge is -2.09. The van der Waals surface area contributed by atoms with Crippen LogP contribution in [0.3, 0.4) is 0 Å². The quantitative estimate of drug-likeness (QED) is 0.546. The molecule has 1 saturated heterocycles. The first-order chi connectivity index (χ1) is 5.86. The van der Waals surface area contributed by atoms with Crippen LogP contribution in [-0.4, -0.2) is 41.4 Å². The Bertz CT molecular complexity index is 249. The van der Waals surface area contributed by atoms with E-state index in [0.29, 0.717) is 0 Å². The number of carbonyl (C=O) groups is 1. The molecule has 12 heavy (non-hydrogen) atoms. The average Bonchev–Trinajstić information content (AvgIpc) is 2.65. The van der Waals surface area contributed by atoms with E-state index >= 15 is 0 Å². The van der Waals surface area contributed by atoms with Gasteiger partial charge in [-0.3, -0.25) is 0 Å². The summed E-state index contributed by atoms with van der Waals surface area (Å²) in [4.78, 5) is 13.5. The number of rotatable bonds is 2. The molecule has 64 valence electrons. The van der Waals surface area contributed by atoms with Crippen LogP contribution in [0.5, 0.6) is 0 Å². The van der Waals surface area contributed by atoms with Gasteiger partial charge in [0, 0.05) is 19.2 Å². The third-order valence-corrected chi connectivity index (χ3v) is 2.34. The van der Waals surface area contributed by atoms with E-state index in [4.69, 9.17) is 0 Å². The molecule has 2 aliphatic heterocycles. The summed E-state index contributed by atoms with van der Waals surface area (Å²) in [7, 11) is 0. The molecule has 2 heterocycles. The van der Waals surface area contributed by atoms with E-state index in [2.05, 4.69) is 4.90 Å². The molecule has 0 radical (unpaired) electrons. The average molecular weight is 165 g/mol. The van der Waals surface area contributed by atoms with Gasteiger partial charge in [0.15, 0.2) is 6.21 Å². The van der Waals surface area contributed by atoms with E-state index in [-0.39, 0.29) is 5.91 Å². The first-order valence-electron chi connectivity index (χ1n) is 4.41.